The maximum atomic E-state index is 12.8. The van der Waals surface area contributed by atoms with E-state index in [2.05, 4.69) is 46.6 Å². The van der Waals surface area contributed by atoms with Gasteiger partial charge < -0.3 is 10.6 Å². The van der Waals surface area contributed by atoms with Gasteiger partial charge in [-0.3, -0.25) is 9.56 Å². The van der Waals surface area contributed by atoms with Gasteiger partial charge in [0.1, 0.15) is 5.82 Å². The highest BCUT2D eigenvalue weighted by Gasteiger charge is 2.20. The standard InChI is InChI=1S/C17H23F2N5/c1-17(2,13-7-5-4-6-8-13)12-23-16(20-3)22-11-14-21-9-10-24(14)15(18)19/h4-10,15H,11-12H2,1-3H3,(H2,20,22,23). The first-order chi connectivity index (χ1) is 11.4. The second-order valence-electron chi connectivity index (χ2n) is 6.06. The summed E-state index contributed by atoms with van der Waals surface area (Å²) in [5.74, 6) is 0.804. The number of hydrogen-bond donors (Lipinski definition) is 2. The molecule has 0 spiro atoms. The summed E-state index contributed by atoms with van der Waals surface area (Å²) in [5, 5.41) is 6.25. The molecular weight excluding hydrogens is 312 g/mol. The summed E-state index contributed by atoms with van der Waals surface area (Å²) >= 11 is 0. The summed E-state index contributed by atoms with van der Waals surface area (Å²) in [4.78, 5) is 8.07. The number of guanidine groups is 1. The van der Waals surface area contributed by atoms with E-state index < -0.39 is 6.55 Å². The van der Waals surface area contributed by atoms with Crippen molar-refractivity contribution in [2.45, 2.75) is 32.4 Å². The zero-order chi connectivity index (χ0) is 17.6. The van der Waals surface area contributed by atoms with Crippen LogP contribution in [0.3, 0.4) is 0 Å². The van der Waals surface area contributed by atoms with Gasteiger partial charge in [0.05, 0.1) is 6.54 Å². The largest absolute Gasteiger partial charge is 0.356 e. The third kappa shape index (κ3) is 4.53. The van der Waals surface area contributed by atoms with Gasteiger partial charge in [0.15, 0.2) is 5.96 Å². The number of alkyl halides is 2. The maximum Gasteiger partial charge on any atom is 0.319 e. The monoisotopic (exact) mass is 335 g/mol. The predicted molar refractivity (Wildman–Crippen MR) is 91.1 cm³/mol. The molecule has 5 nitrogen and oxygen atoms in total. The van der Waals surface area contributed by atoms with Crippen molar-refractivity contribution in [2.24, 2.45) is 4.99 Å². The number of benzene rings is 1. The molecule has 0 aliphatic heterocycles. The lowest BCUT2D eigenvalue weighted by Gasteiger charge is -2.26. The van der Waals surface area contributed by atoms with Gasteiger partial charge in [-0.1, -0.05) is 44.2 Å². The van der Waals surface area contributed by atoms with E-state index in [0.29, 0.717) is 12.5 Å². The average Bonchev–Trinajstić information content (AvgIpc) is 3.04. The van der Waals surface area contributed by atoms with E-state index in [4.69, 9.17) is 0 Å². The molecule has 0 bridgehead atoms. The highest BCUT2D eigenvalue weighted by atomic mass is 19.3. The molecule has 0 unspecified atom stereocenters. The average molecular weight is 335 g/mol. The lowest BCUT2D eigenvalue weighted by molar-refractivity contribution is 0.0668. The molecule has 0 radical (unpaired) electrons. The van der Waals surface area contributed by atoms with E-state index >= 15 is 0 Å². The van der Waals surface area contributed by atoms with Gasteiger partial charge in [0.2, 0.25) is 0 Å². The quantitative estimate of drug-likeness (QED) is 0.630. The lowest BCUT2D eigenvalue weighted by Crippen LogP contribution is -2.43. The van der Waals surface area contributed by atoms with Gasteiger partial charge in [0.25, 0.3) is 0 Å². The Bertz CT molecular complexity index is 665. The Labute approximate surface area is 140 Å². The van der Waals surface area contributed by atoms with Crippen LogP contribution in [0.1, 0.15) is 31.8 Å². The van der Waals surface area contributed by atoms with Crippen molar-refractivity contribution in [3.05, 3.63) is 54.1 Å². The minimum Gasteiger partial charge on any atom is -0.356 e. The second kappa shape index (κ2) is 7.90. The minimum atomic E-state index is -2.60. The van der Waals surface area contributed by atoms with Gasteiger partial charge in [0, 0.05) is 31.4 Å². The van der Waals surface area contributed by atoms with Crippen LogP contribution in [-0.4, -0.2) is 29.1 Å². The fourth-order valence-electron chi connectivity index (χ4n) is 2.34. The van der Waals surface area contributed by atoms with E-state index in [1.807, 2.05) is 18.2 Å². The molecule has 0 aliphatic carbocycles. The molecule has 7 heteroatoms. The number of aliphatic imine (C=N–C) groups is 1. The predicted octanol–water partition coefficient (Wildman–Crippen LogP) is 2.92. The maximum absolute atomic E-state index is 12.8. The molecular formula is C17H23F2N5. The van der Waals surface area contributed by atoms with Gasteiger partial charge in [-0.15, -0.1) is 0 Å². The van der Waals surface area contributed by atoms with Crippen LogP contribution < -0.4 is 10.6 Å². The second-order valence-corrected chi connectivity index (χ2v) is 6.06. The zero-order valence-corrected chi connectivity index (χ0v) is 14.1. The van der Waals surface area contributed by atoms with E-state index in [-0.39, 0.29) is 17.8 Å². The minimum absolute atomic E-state index is 0.0969. The van der Waals surface area contributed by atoms with Crippen LogP contribution in [0.4, 0.5) is 8.78 Å². The summed E-state index contributed by atoms with van der Waals surface area (Å²) in [5.41, 5.74) is 1.11. The Morgan fingerprint density at radius 1 is 1.25 bits per heavy atom. The van der Waals surface area contributed by atoms with Crippen LogP contribution in [0.2, 0.25) is 0 Å². The van der Waals surface area contributed by atoms with E-state index in [9.17, 15) is 8.78 Å². The zero-order valence-electron chi connectivity index (χ0n) is 14.1. The molecule has 24 heavy (non-hydrogen) atoms. The topological polar surface area (TPSA) is 54.2 Å². The molecule has 0 fully saturated rings. The van der Waals surface area contributed by atoms with Crippen molar-refractivity contribution in [1.29, 1.82) is 0 Å². The first-order valence-corrected chi connectivity index (χ1v) is 7.74. The molecule has 0 saturated carbocycles. The Morgan fingerprint density at radius 3 is 2.58 bits per heavy atom. The van der Waals surface area contributed by atoms with Crippen molar-refractivity contribution in [3.63, 3.8) is 0 Å². The molecule has 1 aromatic carbocycles. The van der Waals surface area contributed by atoms with Crippen molar-refractivity contribution in [3.8, 4) is 0 Å². The molecule has 0 aliphatic rings. The molecule has 130 valence electrons. The van der Waals surface area contributed by atoms with Crippen molar-refractivity contribution in [1.82, 2.24) is 20.2 Å². The van der Waals surface area contributed by atoms with Crippen LogP contribution >= 0.6 is 0 Å². The van der Waals surface area contributed by atoms with Gasteiger partial charge in [-0.25, -0.2) is 4.98 Å². The van der Waals surface area contributed by atoms with Crippen LogP contribution in [0, 0.1) is 0 Å². The highest BCUT2D eigenvalue weighted by molar-refractivity contribution is 5.79. The summed E-state index contributed by atoms with van der Waals surface area (Å²) in [6.07, 6.45) is 2.62. The normalized spacial score (nSPS) is 12.5. The Hall–Kier alpha value is -2.44. The lowest BCUT2D eigenvalue weighted by atomic mass is 9.85. The summed E-state index contributed by atoms with van der Waals surface area (Å²) in [7, 11) is 1.64. The molecule has 2 rings (SSSR count). The fourth-order valence-corrected chi connectivity index (χ4v) is 2.34. The summed E-state index contributed by atoms with van der Waals surface area (Å²) in [6, 6.07) is 10.2. The van der Waals surface area contributed by atoms with E-state index in [1.165, 1.54) is 18.0 Å². The van der Waals surface area contributed by atoms with E-state index in [1.54, 1.807) is 7.05 Å². The van der Waals surface area contributed by atoms with E-state index in [0.717, 1.165) is 4.57 Å². The SMILES string of the molecule is CN=C(NCc1nccn1C(F)F)NCC(C)(C)c1ccccc1. The van der Waals surface area contributed by atoms with Crippen molar-refractivity contribution in [2.75, 3.05) is 13.6 Å². The van der Waals surface area contributed by atoms with Crippen molar-refractivity contribution >= 4 is 5.96 Å². The Balaban J connectivity index is 1.92. The molecule has 0 amide bonds. The first-order valence-electron chi connectivity index (χ1n) is 7.74. The van der Waals surface area contributed by atoms with Crippen LogP contribution in [0.25, 0.3) is 0 Å². The van der Waals surface area contributed by atoms with Crippen LogP contribution in [-0.2, 0) is 12.0 Å². The van der Waals surface area contributed by atoms with Crippen molar-refractivity contribution < 1.29 is 8.78 Å². The smallest absolute Gasteiger partial charge is 0.319 e. The molecule has 2 N–H and O–H groups in total. The number of nitrogens with zero attached hydrogens (tertiary/aromatic N) is 3. The third-order valence-corrected chi connectivity index (χ3v) is 3.85. The molecule has 0 atom stereocenters. The van der Waals surface area contributed by atoms with Gasteiger partial charge >= 0.3 is 6.55 Å². The number of rotatable bonds is 6. The fraction of sp³-hybridized carbons (Fsp3) is 0.412. The van der Waals surface area contributed by atoms with Crippen LogP contribution in [0.15, 0.2) is 47.7 Å². The Kier molecular flexibility index (Phi) is 5.89. The summed E-state index contributed by atoms with van der Waals surface area (Å²) in [6.45, 7) is 2.48. The third-order valence-electron chi connectivity index (χ3n) is 3.85. The van der Waals surface area contributed by atoms with Crippen LogP contribution in [0.5, 0.6) is 0 Å². The number of nitrogens with one attached hydrogen (secondary N) is 2. The molecule has 1 heterocycles. The van der Waals surface area contributed by atoms with Gasteiger partial charge in [-0.05, 0) is 5.56 Å². The summed E-state index contributed by atoms with van der Waals surface area (Å²) < 4.78 is 26.4. The number of hydrogen-bond acceptors (Lipinski definition) is 2. The highest BCUT2D eigenvalue weighted by Crippen LogP contribution is 2.21. The molecule has 1 aromatic heterocycles. The Morgan fingerprint density at radius 2 is 1.96 bits per heavy atom. The molecule has 0 saturated heterocycles. The first kappa shape index (κ1) is 17.9. The molecule has 2 aromatic rings. The number of halogens is 2. The number of aromatic nitrogens is 2. The number of imidazole rings is 1. The van der Waals surface area contributed by atoms with Gasteiger partial charge in [-0.2, -0.15) is 8.78 Å².